The zero-order valence-corrected chi connectivity index (χ0v) is 4.66. The zero-order chi connectivity index (χ0) is 5.98. The van der Waals surface area contributed by atoms with Gasteiger partial charge < -0.3 is 0 Å². The van der Waals surface area contributed by atoms with E-state index in [-0.39, 0.29) is 5.69 Å². The lowest BCUT2D eigenvalue weighted by Gasteiger charge is -1.76. The molecule has 8 heavy (non-hydrogen) atoms. The van der Waals surface area contributed by atoms with Crippen molar-refractivity contribution in [2.45, 2.75) is 5.16 Å². The minimum Gasteiger partial charge on any atom is -0.283 e. The third-order valence-electron chi connectivity index (χ3n) is 0.591. The van der Waals surface area contributed by atoms with Gasteiger partial charge >= 0.3 is 5.69 Å². The van der Waals surface area contributed by atoms with Gasteiger partial charge in [-0.1, -0.05) is 0 Å². The molecule has 0 aliphatic carbocycles. The van der Waals surface area contributed by atoms with Crippen LogP contribution in [0.15, 0.2) is 9.95 Å². The Kier molecular flexibility index (Phi) is 1.36. The van der Waals surface area contributed by atoms with E-state index in [4.69, 9.17) is 5.14 Å². The number of nitrogens with two attached hydrogens (primary N) is 1. The Balaban J connectivity index is 3.01. The van der Waals surface area contributed by atoms with Gasteiger partial charge in [0.1, 0.15) is 0 Å². The molecule has 4 N–H and O–H groups in total. The van der Waals surface area contributed by atoms with E-state index in [9.17, 15) is 4.79 Å². The number of aromatic amines is 2. The van der Waals surface area contributed by atoms with E-state index >= 15 is 0 Å². The molecule has 0 saturated carbocycles. The van der Waals surface area contributed by atoms with Crippen LogP contribution in [0.1, 0.15) is 0 Å². The summed E-state index contributed by atoms with van der Waals surface area (Å²) in [6, 6.07) is 0. The first-order valence-electron chi connectivity index (χ1n) is 1.84. The average Bonchev–Trinajstić information content (AvgIpc) is 2.14. The first-order chi connectivity index (χ1) is 3.83. The van der Waals surface area contributed by atoms with Crippen LogP contribution < -0.4 is 10.8 Å². The lowest BCUT2D eigenvalue weighted by Crippen LogP contribution is -2.00. The van der Waals surface area contributed by atoms with Crippen LogP contribution in [-0.4, -0.2) is 15.2 Å². The molecule has 5 nitrogen and oxygen atoms in total. The van der Waals surface area contributed by atoms with Crippen molar-refractivity contribution in [2.24, 2.45) is 5.14 Å². The molecule has 1 aromatic rings. The molecule has 44 valence electrons. The van der Waals surface area contributed by atoms with Crippen molar-refractivity contribution in [3.63, 3.8) is 0 Å². The zero-order valence-electron chi connectivity index (χ0n) is 3.84. The predicted octanol–water partition coefficient (Wildman–Crippen LogP) is -0.936. The van der Waals surface area contributed by atoms with Gasteiger partial charge in [-0.2, -0.15) is 0 Å². The Morgan fingerprint density at radius 1 is 1.75 bits per heavy atom. The molecule has 0 aliphatic heterocycles. The molecule has 0 unspecified atom stereocenters. The fraction of sp³-hybridized carbons (Fsp3) is 0. The second-order valence-corrected chi connectivity index (χ2v) is 1.72. The highest BCUT2D eigenvalue weighted by molar-refractivity contribution is 7.96. The van der Waals surface area contributed by atoms with Crippen LogP contribution in [0, 0.1) is 0 Å². The smallest absolute Gasteiger partial charge is 0.283 e. The van der Waals surface area contributed by atoms with Crippen molar-refractivity contribution in [3.05, 3.63) is 10.5 Å². The van der Waals surface area contributed by atoms with E-state index in [1.54, 1.807) is 0 Å². The summed E-state index contributed by atoms with van der Waals surface area (Å²) in [5, 5.41) is 11.1. The van der Waals surface area contributed by atoms with Crippen LogP contribution in [0.5, 0.6) is 0 Å². The van der Waals surface area contributed by atoms with Crippen molar-refractivity contribution < 1.29 is 0 Å². The molecule has 0 aromatic carbocycles. The molecule has 0 amide bonds. The Bertz CT molecular complexity index is 214. The van der Waals surface area contributed by atoms with Crippen molar-refractivity contribution in [3.8, 4) is 0 Å². The van der Waals surface area contributed by atoms with Gasteiger partial charge in [0, 0.05) is 0 Å². The molecule has 0 radical (unpaired) electrons. The SMILES string of the molecule is NSc1n[nH]c(=O)[nH]1. The minimum atomic E-state index is -0.335. The quantitative estimate of drug-likeness (QED) is 0.430. The van der Waals surface area contributed by atoms with Crippen LogP contribution in [0.2, 0.25) is 0 Å². The summed E-state index contributed by atoms with van der Waals surface area (Å²) < 4.78 is 0. The van der Waals surface area contributed by atoms with Crippen LogP contribution in [0.25, 0.3) is 0 Å². The normalized spacial score (nSPS) is 9.62. The van der Waals surface area contributed by atoms with E-state index < -0.39 is 0 Å². The highest BCUT2D eigenvalue weighted by Crippen LogP contribution is 1.95. The van der Waals surface area contributed by atoms with E-state index in [2.05, 4.69) is 15.2 Å². The fourth-order valence-electron chi connectivity index (χ4n) is 0.310. The maximum atomic E-state index is 10.2. The lowest BCUT2D eigenvalue weighted by molar-refractivity contribution is 0.971. The highest BCUT2D eigenvalue weighted by atomic mass is 32.2. The lowest BCUT2D eigenvalue weighted by atomic mass is 11.3. The van der Waals surface area contributed by atoms with Crippen LogP contribution in [0.4, 0.5) is 0 Å². The number of nitrogens with zero attached hydrogens (tertiary/aromatic N) is 1. The number of nitrogens with one attached hydrogen (secondary N) is 2. The monoisotopic (exact) mass is 132 g/mol. The predicted molar refractivity (Wildman–Crippen MR) is 29.3 cm³/mol. The van der Waals surface area contributed by atoms with Crippen molar-refractivity contribution in [1.82, 2.24) is 15.2 Å². The molecule has 1 aromatic heterocycles. The largest absolute Gasteiger partial charge is 0.341 e. The summed E-state index contributed by atoms with van der Waals surface area (Å²) in [5.74, 6) is 0. The van der Waals surface area contributed by atoms with Gasteiger partial charge in [-0.3, -0.25) is 10.1 Å². The molecule has 0 saturated heterocycles. The van der Waals surface area contributed by atoms with Crippen LogP contribution in [0.3, 0.4) is 0 Å². The molecular weight excluding hydrogens is 128 g/mol. The third-order valence-corrected chi connectivity index (χ3v) is 1.01. The molecular formula is C2H4N4OS. The Morgan fingerprint density at radius 2 is 2.50 bits per heavy atom. The second-order valence-electron chi connectivity index (χ2n) is 1.10. The van der Waals surface area contributed by atoms with Crippen molar-refractivity contribution in [2.75, 3.05) is 0 Å². The van der Waals surface area contributed by atoms with Gasteiger partial charge in [0.05, 0.1) is 0 Å². The number of rotatable bonds is 1. The van der Waals surface area contributed by atoms with Gasteiger partial charge in [-0.25, -0.2) is 9.89 Å². The van der Waals surface area contributed by atoms with E-state index in [0.29, 0.717) is 5.16 Å². The molecule has 1 rings (SSSR count). The molecule has 0 spiro atoms. The molecule has 0 atom stereocenters. The van der Waals surface area contributed by atoms with Crippen molar-refractivity contribution in [1.29, 1.82) is 0 Å². The first-order valence-corrected chi connectivity index (χ1v) is 2.72. The first kappa shape index (κ1) is 5.39. The molecule has 1 heterocycles. The minimum absolute atomic E-state index is 0.335. The average molecular weight is 132 g/mol. The standard InChI is InChI=1S/C2H4N4OS/c3-8-2-4-1(7)5-6-2/h3H2,(H2,4,5,6,7). The number of aromatic nitrogens is 3. The molecule has 0 aliphatic rings. The Morgan fingerprint density at radius 3 is 2.75 bits per heavy atom. The van der Waals surface area contributed by atoms with Crippen LogP contribution >= 0.6 is 11.9 Å². The number of hydrogen-bond acceptors (Lipinski definition) is 4. The van der Waals surface area contributed by atoms with E-state index in [1.165, 1.54) is 0 Å². The van der Waals surface area contributed by atoms with E-state index in [1.807, 2.05) is 0 Å². The summed E-state index contributed by atoms with van der Waals surface area (Å²) in [5.41, 5.74) is -0.335. The number of hydrogen-bond donors (Lipinski definition) is 3. The Labute approximate surface area is 48.8 Å². The van der Waals surface area contributed by atoms with E-state index in [0.717, 1.165) is 11.9 Å². The van der Waals surface area contributed by atoms with Crippen LogP contribution in [-0.2, 0) is 0 Å². The topological polar surface area (TPSA) is 87.6 Å². The highest BCUT2D eigenvalue weighted by Gasteiger charge is 1.90. The molecule has 6 heteroatoms. The molecule has 0 bridgehead atoms. The van der Waals surface area contributed by atoms with Gasteiger partial charge in [-0.15, -0.1) is 5.10 Å². The summed E-state index contributed by atoms with van der Waals surface area (Å²) in [4.78, 5) is 12.5. The summed E-state index contributed by atoms with van der Waals surface area (Å²) in [7, 11) is 0. The Hall–Kier alpha value is -0.750. The maximum absolute atomic E-state index is 10.2. The maximum Gasteiger partial charge on any atom is 0.341 e. The number of H-pyrrole nitrogens is 2. The third kappa shape index (κ3) is 0.903. The van der Waals surface area contributed by atoms with Crippen molar-refractivity contribution >= 4 is 11.9 Å². The second kappa shape index (κ2) is 2.01. The summed E-state index contributed by atoms with van der Waals surface area (Å²) >= 11 is 0.892. The summed E-state index contributed by atoms with van der Waals surface area (Å²) in [6.07, 6.45) is 0. The summed E-state index contributed by atoms with van der Waals surface area (Å²) in [6.45, 7) is 0. The van der Waals surface area contributed by atoms with Gasteiger partial charge in [-0.05, 0) is 11.9 Å². The van der Waals surface area contributed by atoms with Gasteiger partial charge in [0.15, 0.2) is 0 Å². The molecule has 0 fully saturated rings. The van der Waals surface area contributed by atoms with Gasteiger partial charge in [0.2, 0.25) is 5.16 Å². The van der Waals surface area contributed by atoms with Gasteiger partial charge in [0.25, 0.3) is 0 Å². The fourth-order valence-corrected chi connectivity index (χ4v) is 0.560.